The molecule has 0 saturated carbocycles. The van der Waals surface area contributed by atoms with Crippen molar-refractivity contribution in [2.24, 2.45) is 5.41 Å². The number of hydrogen-bond acceptors (Lipinski definition) is 4. The number of carboxylic acids is 1. The SMILES string of the molecule is CC(C)(C)CC(=O)O.CCCC(CNc1ncccn1)c1ccccc1. The Kier molecular flexibility index (Phi) is 9.34. The van der Waals surface area contributed by atoms with Crippen molar-refractivity contribution in [1.82, 2.24) is 9.97 Å². The van der Waals surface area contributed by atoms with Crippen molar-refractivity contribution in [3.63, 3.8) is 0 Å². The van der Waals surface area contributed by atoms with Crippen LogP contribution < -0.4 is 5.32 Å². The molecule has 26 heavy (non-hydrogen) atoms. The second-order valence-corrected chi connectivity index (χ2v) is 7.48. The highest BCUT2D eigenvalue weighted by atomic mass is 16.4. The predicted molar refractivity (Wildman–Crippen MR) is 106 cm³/mol. The van der Waals surface area contributed by atoms with Crippen LogP contribution in [0.4, 0.5) is 5.95 Å². The molecule has 5 heteroatoms. The topological polar surface area (TPSA) is 75.1 Å². The fourth-order valence-corrected chi connectivity index (χ4v) is 2.52. The van der Waals surface area contributed by atoms with Crippen molar-refractivity contribution < 1.29 is 9.90 Å². The molecular formula is C21H31N3O2. The zero-order valence-electron chi connectivity index (χ0n) is 16.3. The summed E-state index contributed by atoms with van der Waals surface area (Å²) in [5.41, 5.74) is 1.30. The van der Waals surface area contributed by atoms with Gasteiger partial charge in [-0.3, -0.25) is 4.79 Å². The van der Waals surface area contributed by atoms with Crippen LogP contribution in [0, 0.1) is 5.41 Å². The van der Waals surface area contributed by atoms with Gasteiger partial charge in [0.15, 0.2) is 0 Å². The molecular weight excluding hydrogens is 326 g/mol. The van der Waals surface area contributed by atoms with Crippen LogP contribution in [-0.4, -0.2) is 27.6 Å². The molecule has 1 heterocycles. The van der Waals surface area contributed by atoms with E-state index < -0.39 is 5.97 Å². The second-order valence-electron chi connectivity index (χ2n) is 7.48. The quantitative estimate of drug-likeness (QED) is 0.731. The number of hydrogen-bond donors (Lipinski definition) is 2. The van der Waals surface area contributed by atoms with E-state index >= 15 is 0 Å². The van der Waals surface area contributed by atoms with Gasteiger partial charge in [-0.1, -0.05) is 64.4 Å². The van der Waals surface area contributed by atoms with Gasteiger partial charge >= 0.3 is 5.97 Å². The molecule has 0 saturated heterocycles. The first-order valence-corrected chi connectivity index (χ1v) is 9.09. The van der Waals surface area contributed by atoms with Gasteiger partial charge in [0.25, 0.3) is 0 Å². The summed E-state index contributed by atoms with van der Waals surface area (Å²) < 4.78 is 0. The third-order valence-electron chi connectivity index (χ3n) is 3.66. The Morgan fingerprint density at radius 2 is 1.73 bits per heavy atom. The van der Waals surface area contributed by atoms with Gasteiger partial charge in [0.05, 0.1) is 6.42 Å². The van der Waals surface area contributed by atoms with Gasteiger partial charge in [0, 0.05) is 24.9 Å². The van der Waals surface area contributed by atoms with Crippen molar-refractivity contribution in [2.45, 2.75) is 52.9 Å². The first-order chi connectivity index (χ1) is 12.3. The smallest absolute Gasteiger partial charge is 0.303 e. The number of aromatic nitrogens is 2. The van der Waals surface area contributed by atoms with E-state index in [0.717, 1.165) is 6.54 Å². The highest BCUT2D eigenvalue weighted by Crippen LogP contribution is 2.21. The third kappa shape index (κ3) is 9.77. The third-order valence-corrected chi connectivity index (χ3v) is 3.66. The van der Waals surface area contributed by atoms with Gasteiger partial charge in [0.1, 0.15) is 0 Å². The number of benzene rings is 1. The lowest BCUT2D eigenvalue weighted by Gasteiger charge is -2.17. The van der Waals surface area contributed by atoms with Crippen LogP contribution in [0.25, 0.3) is 0 Å². The molecule has 0 aliphatic heterocycles. The zero-order chi connectivity index (χ0) is 19.4. The molecule has 2 N–H and O–H groups in total. The van der Waals surface area contributed by atoms with Crippen LogP contribution in [0.3, 0.4) is 0 Å². The minimum absolute atomic E-state index is 0.0775. The summed E-state index contributed by atoms with van der Waals surface area (Å²) in [7, 11) is 0. The van der Waals surface area contributed by atoms with Gasteiger partial charge in [-0.15, -0.1) is 0 Å². The van der Waals surface area contributed by atoms with Crippen molar-refractivity contribution in [1.29, 1.82) is 0 Å². The van der Waals surface area contributed by atoms with Crippen LogP contribution in [0.1, 0.15) is 58.4 Å². The molecule has 0 aliphatic rings. The van der Waals surface area contributed by atoms with Crippen LogP contribution in [-0.2, 0) is 4.79 Å². The Morgan fingerprint density at radius 1 is 1.12 bits per heavy atom. The molecule has 2 aromatic rings. The predicted octanol–water partition coefficient (Wildman–Crippen LogP) is 4.98. The average molecular weight is 357 g/mol. The van der Waals surface area contributed by atoms with Crippen molar-refractivity contribution in [3.05, 3.63) is 54.4 Å². The van der Waals surface area contributed by atoms with Gasteiger partial charge in [-0.2, -0.15) is 0 Å². The summed E-state index contributed by atoms with van der Waals surface area (Å²) in [6.07, 6.45) is 6.10. The molecule has 1 atom stereocenters. The van der Waals surface area contributed by atoms with Crippen molar-refractivity contribution >= 4 is 11.9 Å². The van der Waals surface area contributed by atoms with E-state index in [9.17, 15) is 4.79 Å². The number of carboxylic acid groups (broad SMARTS) is 1. The number of rotatable bonds is 7. The fraction of sp³-hybridized carbons (Fsp3) is 0.476. The van der Waals surface area contributed by atoms with Gasteiger partial charge in [-0.25, -0.2) is 9.97 Å². The second kappa shape index (κ2) is 11.2. The maximum atomic E-state index is 10.0. The molecule has 1 aromatic heterocycles. The van der Waals surface area contributed by atoms with Gasteiger partial charge in [0.2, 0.25) is 5.95 Å². The number of anilines is 1. The molecule has 142 valence electrons. The van der Waals surface area contributed by atoms with Crippen LogP contribution in [0.15, 0.2) is 48.8 Å². The lowest BCUT2D eigenvalue weighted by Crippen LogP contribution is -2.14. The Balaban J connectivity index is 0.000000359. The maximum Gasteiger partial charge on any atom is 0.303 e. The van der Waals surface area contributed by atoms with Crippen molar-refractivity contribution in [2.75, 3.05) is 11.9 Å². The highest BCUT2D eigenvalue weighted by Gasteiger charge is 2.14. The van der Waals surface area contributed by atoms with E-state index in [1.54, 1.807) is 12.4 Å². The van der Waals surface area contributed by atoms with E-state index in [1.165, 1.54) is 18.4 Å². The van der Waals surface area contributed by atoms with E-state index in [-0.39, 0.29) is 11.8 Å². The normalized spacial score (nSPS) is 11.8. The lowest BCUT2D eigenvalue weighted by atomic mass is 9.93. The molecule has 2 rings (SSSR count). The van der Waals surface area contributed by atoms with Crippen LogP contribution >= 0.6 is 0 Å². The Bertz CT molecular complexity index is 625. The van der Waals surface area contributed by atoms with Gasteiger partial charge < -0.3 is 10.4 Å². The summed E-state index contributed by atoms with van der Waals surface area (Å²) in [5, 5.41) is 11.6. The number of nitrogens with one attached hydrogen (secondary N) is 1. The summed E-state index contributed by atoms with van der Waals surface area (Å²) in [5.74, 6) is 0.493. The zero-order valence-corrected chi connectivity index (χ0v) is 16.3. The lowest BCUT2D eigenvalue weighted by molar-refractivity contribution is -0.139. The molecule has 0 aliphatic carbocycles. The molecule has 0 radical (unpaired) electrons. The first kappa shape index (κ1) is 21.6. The van der Waals surface area contributed by atoms with E-state index in [4.69, 9.17) is 5.11 Å². The Labute approximate surface area is 156 Å². The van der Waals surface area contributed by atoms with Gasteiger partial charge in [-0.05, 0) is 23.5 Å². The van der Waals surface area contributed by atoms with Crippen LogP contribution in [0.2, 0.25) is 0 Å². The summed E-state index contributed by atoms with van der Waals surface area (Å²) in [4.78, 5) is 18.4. The molecule has 1 aromatic carbocycles. The maximum absolute atomic E-state index is 10.0. The Hall–Kier alpha value is -2.43. The van der Waals surface area contributed by atoms with E-state index in [2.05, 4.69) is 52.5 Å². The number of carbonyl (C=O) groups is 1. The highest BCUT2D eigenvalue weighted by molar-refractivity contribution is 5.67. The first-order valence-electron chi connectivity index (χ1n) is 9.09. The van der Waals surface area contributed by atoms with E-state index in [1.807, 2.05) is 26.8 Å². The molecule has 0 amide bonds. The monoisotopic (exact) mass is 357 g/mol. The van der Waals surface area contributed by atoms with E-state index in [0.29, 0.717) is 11.9 Å². The van der Waals surface area contributed by atoms with Crippen molar-refractivity contribution in [3.8, 4) is 0 Å². The summed E-state index contributed by atoms with van der Waals surface area (Å²) >= 11 is 0. The standard InChI is InChI=1S/C15H19N3.C6H12O2/c1-2-7-14(13-8-4-3-5-9-13)12-18-15-16-10-6-11-17-15;1-6(2,3)4-5(7)8/h3-6,8-11,14H,2,7,12H2,1H3,(H,16,17,18);4H2,1-3H3,(H,7,8). The number of aliphatic carboxylic acids is 1. The molecule has 0 fully saturated rings. The molecule has 0 spiro atoms. The van der Waals surface area contributed by atoms with Crippen LogP contribution in [0.5, 0.6) is 0 Å². The summed E-state index contributed by atoms with van der Waals surface area (Å²) in [6, 6.07) is 12.4. The largest absolute Gasteiger partial charge is 0.481 e. The molecule has 0 bridgehead atoms. The minimum Gasteiger partial charge on any atom is -0.481 e. The Morgan fingerprint density at radius 3 is 2.19 bits per heavy atom. The minimum atomic E-state index is -0.725. The fourth-order valence-electron chi connectivity index (χ4n) is 2.52. The average Bonchev–Trinajstić information content (AvgIpc) is 2.58. The molecule has 1 unspecified atom stereocenters. The number of nitrogens with zero attached hydrogens (tertiary/aromatic N) is 2. The summed E-state index contributed by atoms with van der Waals surface area (Å²) in [6.45, 7) is 8.81. The molecule has 5 nitrogen and oxygen atoms in total.